The molecule has 112 valence electrons. The van der Waals surface area contributed by atoms with Crippen LogP contribution in [0.1, 0.15) is 35.9 Å². The van der Waals surface area contributed by atoms with E-state index in [2.05, 4.69) is 17.3 Å². The molecule has 0 spiro atoms. The van der Waals surface area contributed by atoms with E-state index in [9.17, 15) is 4.79 Å². The number of nitrogens with zero attached hydrogens (tertiary/aromatic N) is 1. The number of ketones is 1. The highest BCUT2D eigenvalue weighted by molar-refractivity contribution is 7.99. The van der Waals surface area contributed by atoms with Crippen LogP contribution in [0.2, 0.25) is 0 Å². The average Bonchev–Trinajstić information content (AvgIpc) is 2.99. The number of nitrogens with two attached hydrogens (primary N) is 1. The number of nitrogens with one attached hydrogen (secondary N) is 1. The van der Waals surface area contributed by atoms with Crippen LogP contribution in [0.25, 0.3) is 0 Å². The highest BCUT2D eigenvalue weighted by atomic mass is 32.2. The Kier molecular flexibility index (Phi) is 5.35. The van der Waals surface area contributed by atoms with Crippen molar-refractivity contribution in [1.29, 1.82) is 0 Å². The molecule has 1 saturated heterocycles. The molecule has 1 unspecified atom stereocenters. The van der Waals surface area contributed by atoms with E-state index in [0.29, 0.717) is 23.0 Å². The van der Waals surface area contributed by atoms with E-state index in [1.807, 2.05) is 13.2 Å². The van der Waals surface area contributed by atoms with Crippen LogP contribution in [0.5, 0.6) is 0 Å². The summed E-state index contributed by atoms with van der Waals surface area (Å²) in [6, 6.07) is 0.582. The van der Waals surface area contributed by atoms with Gasteiger partial charge in [-0.2, -0.15) is 0 Å². The minimum atomic E-state index is 0.133. The first-order chi connectivity index (χ1) is 9.58. The molecule has 0 radical (unpaired) electrons. The molecule has 0 bridgehead atoms. The third kappa shape index (κ3) is 3.13. The van der Waals surface area contributed by atoms with Crippen LogP contribution in [-0.2, 0) is 0 Å². The van der Waals surface area contributed by atoms with Gasteiger partial charge in [0.1, 0.15) is 5.00 Å². The third-order valence-corrected chi connectivity index (χ3v) is 6.01. The molecule has 4 nitrogen and oxygen atoms in total. The predicted molar refractivity (Wildman–Crippen MR) is 89.3 cm³/mol. The summed E-state index contributed by atoms with van der Waals surface area (Å²) in [7, 11) is 2.17. The second kappa shape index (κ2) is 6.83. The molecule has 0 saturated carbocycles. The van der Waals surface area contributed by atoms with Gasteiger partial charge < -0.3 is 16.0 Å². The molecule has 1 aliphatic heterocycles. The Bertz CT molecular complexity index is 487. The van der Waals surface area contributed by atoms with Gasteiger partial charge in [0.25, 0.3) is 0 Å². The minimum Gasteiger partial charge on any atom is -0.396 e. The van der Waals surface area contributed by atoms with Gasteiger partial charge in [-0.05, 0) is 32.7 Å². The number of carbonyl (C=O) groups excluding carboxylic acids is 1. The van der Waals surface area contributed by atoms with Gasteiger partial charge in [-0.3, -0.25) is 4.79 Å². The molecule has 3 N–H and O–H groups in total. The summed E-state index contributed by atoms with van der Waals surface area (Å²) in [5.74, 6) is 0.133. The van der Waals surface area contributed by atoms with E-state index in [0.717, 1.165) is 16.4 Å². The number of anilines is 2. The molecule has 2 rings (SSSR count). The number of thiophene rings is 1. The second-order valence-corrected chi connectivity index (χ2v) is 6.98. The summed E-state index contributed by atoms with van der Waals surface area (Å²) in [6.07, 6.45) is 5.01. The molecule has 1 fully saturated rings. The van der Waals surface area contributed by atoms with Gasteiger partial charge in [0.2, 0.25) is 0 Å². The van der Waals surface area contributed by atoms with Crippen LogP contribution in [0.4, 0.5) is 10.7 Å². The van der Waals surface area contributed by atoms with Crippen molar-refractivity contribution in [3.63, 3.8) is 0 Å². The lowest BCUT2D eigenvalue weighted by Crippen LogP contribution is -2.31. The Hall–Kier alpha value is -0.720. The van der Waals surface area contributed by atoms with Gasteiger partial charge in [-0.1, -0.05) is 6.92 Å². The number of carbonyl (C=O) groups is 1. The van der Waals surface area contributed by atoms with Crippen molar-refractivity contribution in [2.75, 3.05) is 37.4 Å². The lowest BCUT2D eigenvalue weighted by molar-refractivity contribution is 0.0992. The molecule has 1 aromatic rings. The maximum absolute atomic E-state index is 11.9. The number of hydrogen-bond acceptors (Lipinski definition) is 6. The number of thioether (sulfide) groups is 1. The summed E-state index contributed by atoms with van der Waals surface area (Å²) < 4.78 is 0. The molecule has 1 atom stereocenters. The molecule has 2 heterocycles. The third-order valence-electron chi connectivity index (χ3n) is 3.85. The Morgan fingerprint density at radius 3 is 2.90 bits per heavy atom. The quantitative estimate of drug-likeness (QED) is 0.624. The number of rotatable bonds is 6. The largest absolute Gasteiger partial charge is 0.396 e. The summed E-state index contributed by atoms with van der Waals surface area (Å²) in [5, 5.41) is 4.55. The van der Waals surface area contributed by atoms with Crippen molar-refractivity contribution in [3.8, 4) is 0 Å². The van der Waals surface area contributed by atoms with E-state index in [1.165, 1.54) is 30.7 Å². The standard InChI is InChI=1S/C14H23N3OS2/c1-4-10(18)12-11(15)13(19-3)14(20-12)16-8-9-6-5-7-17(9)2/h9,16H,4-8,15H2,1-3H3. The van der Waals surface area contributed by atoms with Crippen LogP contribution in [0, 0.1) is 0 Å². The van der Waals surface area contributed by atoms with Crippen LogP contribution >= 0.6 is 23.1 Å². The maximum Gasteiger partial charge on any atom is 0.174 e. The lowest BCUT2D eigenvalue weighted by atomic mass is 10.2. The highest BCUT2D eigenvalue weighted by Crippen LogP contribution is 2.42. The Balaban J connectivity index is 2.12. The monoisotopic (exact) mass is 313 g/mol. The number of Topliss-reactive ketones (excluding diaryl/α,β-unsaturated/α-hetero) is 1. The Labute approximate surface area is 129 Å². The summed E-state index contributed by atoms with van der Waals surface area (Å²) in [4.78, 5) is 16.0. The molecule has 1 aromatic heterocycles. The zero-order valence-electron chi connectivity index (χ0n) is 12.4. The first-order valence-corrected chi connectivity index (χ1v) is 9.06. The SMILES string of the molecule is CCC(=O)c1sc(NCC2CCCN2C)c(SC)c1N. The maximum atomic E-state index is 11.9. The van der Waals surface area contributed by atoms with Gasteiger partial charge in [-0.15, -0.1) is 23.1 Å². The van der Waals surface area contributed by atoms with E-state index in [1.54, 1.807) is 11.8 Å². The molecular formula is C14H23N3OS2. The first kappa shape index (κ1) is 15.7. The molecule has 1 aliphatic rings. The molecule has 20 heavy (non-hydrogen) atoms. The van der Waals surface area contributed by atoms with Crippen molar-refractivity contribution in [1.82, 2.24) is 4.90 Å². The average molecular weight is 313 g/mol. The van der Waals surface area contributed by atoms with Crippen molar-refractivity contribution in [2.24, 2.45) is 0 Å². The van der Waals surface area contributed by atoms with Crippen LogP contribution < -0.4 is 11.1 Å². The number of hydrogen-bond donors (Lipinski definition) is 2. The summed E-state index contributed by atoms with van der Waals surface area (Å²) >= 11 is 3.11. The second-order valence-electron chi connectivity index (χ2n) is 5.14. The Morgan fingerprint density at radius 1 is 1.60 bits per heavy atom. The van der Waals surface area contributed by atoms with E-state index in [-0.39, 0.29) is 5.78 Å². The fourth-order valence-electron chi connectivity index (χ4n) is 2.56. The fraction of sp³-hybridized carbons (Fsp3) is 0.643. The van der Waals surface area contributed by atoms with E-state index in [4.69, 9.17) is 5.73 Å². The van der Waals surface area contributed by atoms with Gasteiger partial charge in [0.15, 0.2) is 5.78 Å². The molecule has 0 amide bonds. The summed E-state index contributed by atoms with van der Waals surface area (Å²) in [5.41, 5.74) is 6.77. The lowest BCUT2D eigenvalue weighted by Gasteiger charge is -2.20. The molecule has 6 heteroatoms. The fourth-order valence-corrected chi connectivity index (χ4v) is 4.61. The van der Waals surface area contributed by atoms with Gasteiger partial charge >= 0.3 is 0 Å². The Morgan fingerprint density at radius 2 is 2.35 bits per heavy atom. The molecular weight excluding hydrogens is 290 g/mol. The van der Waals surface area contributed by atoms with Crippen LogP contribution in [0.3, 0.4) is 0 Å². The zero-order chi connectivity index (χ0) is 14.7. The van der Waals surface area contributed by atoms with Gasteiger partial charge in [0.05, 0.1) is 15.5 Å². The van der Waals surface area contributed by atoms with Gasteiger partial charge in [0, 0.05) is 19.0 Å². The number of likely N-dealkylation sites (N-methyl/N-ethyl adjacent to an activating group) is 1. The van der Waals surface area contributed by atoms with Gasteiger partial charge in [-0.25, -0.2) is 0 Å². The number of likely N-dealkylation sites (tertiary alicyclic amines) is 1. The van der Waals surface area contributed by atoms with Crippen molar-refractivity contribution < 1.29 is 4.79 Å². The molecule has 0 aliphatic carbocycles. The molecule has 0 aromatic carbocycles. The van der Waals surface area contributed by atoms with E-state index < -0.39 is 0 Å². The normalized spacial score (nSPS) is 19.4. The van der Waals surface area contributed by atoms with Crippen molar-refractivity contribution in [2.45, 2.75) is 37.1 Å². The zero-order valence-corrected chi connectivity index (χ0v) is 14.0. The number of nitrogen functional groups attached to an aromatic ring is 1. The minimum absolute atomic E-state index is 0.133. The van der Waals surface area contributed by atoms with Crippen LogP contribution in [-0.4, -0.2) is 43.1 Å². The predicted octanol–water partition coefficient (Wildman–Crippen LogP) is 3.15. The smallest absolute Gasteiger partial charge is 0.174 e. The van der Waals surface area contributed by atoms with Crippen molar-refractivity contribution >= 4 is 39.6 Å². The summed E-state index contributed by atoms with van der Waals surface area (Å²) in [6.45, 7) is 3.97. The highest BCUT2D eigenvalue weighted by Gasteiger charge is 2.23. The topological polar surface area (TPSA) is 58.4 Å². The van der Waals surface area contributed by atoms with Crippen LogP contribution in [0.15, 0.2) is 4.90 Å². The van der Waals surface area contributed by atoms with E-state index >= 15 is 0 Å². The van der Waals surface area contributed by atoms with Crippen molar-refractivity contribution in [3.05, 3.63) is 4.88 Å². The first-order valence-electron chi connectivity index (χ1n) is 7.02.